The number of piperidine rings is 1. The van der Waals surface area contributed by atoms with Crippen molar-refractivity contribution < 1.29 is 23.1 Å². The fraction of sp³-hybridized carbons (Fsp3) is 0.444. The minimum absolute atomic E-state index is 0.0135. The predicted molar refractivity (Wildman–Crippen MR) is 94.9 cm³/mol. The molecule has 3 aliphatic rings. The largest absolute Gasteiger partial charge is 0.442 e. The van der Waals surface area contributed by atoms with E-state index in [1.54, 1.807) is 6.20 Å². The molecule has 2 aromatic rings. The second-order valence-electron chi connectivity index (χ2n) is 7.66. The topological polar surface area (TPSA) is 107 Å². The highest BCUT2D eigenvalue weighted by Crippen LogP contribution is 2.59. The van der Waals surface area contributed by atoms with Gasteiger partial charge in [-0.3, -0.25) is 4.90 Å². The Bertz CT molecular complexity index is 949. The van der Waals surface area contributed by atoms with Crippen LogP contribution in [0.15, 0.2) is 24.5 Å². The van der Waals surface area contributed by atoms with Gasteiger partial charge in [0.15, 0.2) is 0 Å². The molecule has 1 aliphatic carbocycles. The maximum atomic E-state index is 14.8. The summed E-state index contributed by atoms with van der Waals surface area (Å²) in [5.74, 6) is -1.64. The Morgan fingerprint density at radius 1 is 1.21 bits per heavy atom. The van der Waals surface area contributed by atoms with Crippen LogP contribution >= 0.6 is 0 Å². The zero-order valence-electron chi connectivity index (χ0n) is 15.2. The van der Waals surface area contributed by atoms with Crippen molar-refractivity contribution >= 4 is 17.8 Å². The molecule has 1 saturated carbocycles. The Hall–Kier alpha value is -3.24. The van der Waals surface area contributed by atoms with Gasteiger partial charge >= 0.3 is 12.1 Å². The molecule has 1 aromatic heterocycles. The van der Waals surface area contributed by atoms with E-state index < -0.39 is 29.9 Å². The fourth-order valence-corrected chi connectivity index (χ4v) is 4.55. The fourth-order valence-electron chi connectivity index (χ4n) is 4.55. The zero-order chi connectivity index (χ0) is 20.3. The molecular formula is C18H18F2N6O3. The van der Waals surface area contributed by atoms with Crippen LogP contribution < -0.4 is 10.6 Å². The molecule has 9 nitrogen and oxygen atoms in total. The number of rotatable bonds is 4. The Balaban J connectivity index is 1.32. The van der Waals surface area contributed by atoms with Crippen molar-refractivity contribution in [2.45, 2.75) is 18.6 Å². The number of urea groups is 1. The molecule has 3 fully saturated rings. The monoisotopic (exact) mass is 404 g/mol. The second kappa shape index (κ2) is 6.39. The number of hydrogen-bond acceptors (Lipinski definition) is 5. The average Bonchev–Trinajstić information content (AvgIpc) is 3.14. The number of halogens is 2. The van der Waals surface area contributed by atoms with Gasteiger partial charge in [-0.25, -0.2) is 23.1 Å². The number of amides is 3. The maximum Gasteiger partial charge on any atom is 0.414 e. The molecule has 0 radical (unpaired) electrons. The van der Waals surface area contributed by atoms with Gasteiger partial charge in [-0.05, 0) is 29.9 Å². The van der Waals surface area contributed by atoms with Gasteiger partial charge in [0, 0.05) is 24.8 Å². The van der Waals surface area contributed by atoms with Gasteiger partial charge in [0.25, 0.3) is 0 Å². The van der Waals surface area contributed by atoms with Gasteiger partial charge in [0.1, 0.15) is 17.7 Å². The number of fused-ring (bicyclic) bond motifs is 1. The Morgan fingerprint density at radius 2 is 1.90 bits per heavy atom. The van der Waals surface area contributed by atoms with E-state index in [1.807, 2.05) is 0 Å². The van der Waals surface area contributed by atoms with Crippen molar-refractivity contribution in [3.8, 4) is 0 Å². The summed E-state index contributed by atoms with van der Waals surface area (Å²) >= 11 is 0. The summed E-state index contributed by atoms with van der Waals surface area (Å²) in [6.45, 7) is 1.27. The molecule has 11 heteroatoms. The van der Waals surface area contributed by atoms with Crippen LogP contribution in [0.5, 0.6) is 0 Å². The molecule has 3 heterocycles. The summed E-state index contributed by atoms with van der Waals surface area (Å²) in [6, 6.07) is 1.81. The highest BCUT2D eigenvalue weighted by Gasteiger charge is 2.58. The van der Waals surface area contributed by atoms with E-state index in [1.165, 1.54) is 20.7 Å². The van der Waals surface area contributed by atoms with Gasteiger partial charge in [0.05, 0.1) is 25.0 Å². The van der Waals surface area contributed by atoms with E-state index in [4.69, 9.17) is 10.5 Å². The number of likely N-dealkylation sites (tertiary alicyclic amines) is 1. The quantitative estimate of drug-likeness (QED) is 0.827. The van der Waals surface area contributed by atoms with E-state index in [0.717, 1.165) is 12.1 Å². The standard InChI is InChI=1S/C18H18F2N6O3/c19-13-3-9(26-6-10(29-18(26)28)5-25-2-1-22-23-25)4-14(20)16(13)15-11-7-24(17(21)27)8-12(11)15/h1-4,10-12,15H,5-8H2,(H2,21,27)/t10-,11-,12+,15?/m0/s1. The molecule has 152 valence electrons. The predicted octanol–water partition coefficient (Wildman–Crippen LogP) is 1.31. The van der Waals surface area contributed by atoms with Crippen LogP contribution in [-0.4, -0.2) is 57.8 Å². The summed E-state index contributed by atoms with van der Waals surface area (Å²) in [7, 11) is 0. The Kier molecular flexibility index (Phi) is 3.93. The number of primary amides is 1. The summed E-state index contributed by atoms with van der Waals surface area (Å²) < 4.78 is 36.4. The van der Waals surface area contributed by atoms with Crippen molar-refractivity contribution in [2.24, 2.45) is 17.6 Å². The minimum atomic E-state index is -0.697. The number of ether oxygens (including phenoxy) is 1. The van der Waals surface area contributed by atoms with Crippen LogP contribution in [0.25, 0.3) is 0 Å². The number of nitrogens with zero attached hydrogens (tertiary/aromatic N) is 5. The van der Waals surface area contributed by atoms with Crippen LogP contribution in [0.2, 0.25) is 0 Å². The first kappa shape index (κ1) is 17.8. The van der Waals surface area contributed by atoms with Crippen LogP contribution in [0, 0.1) is 23.5 Å². The van der Waals surface area contributed by atoms with E-state index >= 15 is 0 Å². The maximum absolute atomic E-state index is 14.8. The van der Waals surface area contributed by atoms with E-state index in [-0.39, 0.29) is 35.5 Å². The smallest absolute Gasteiger partial charge is 0.414 e. The molecule has 3 amide bonds. The summed E-state index contributed by atoms with van der Waals surface area (Å²) in [4.78, 5) is 26.1. The first-order valence-corrected chi connectivity index (χ1v) is 9.28. The molecule has 29 heavy (non-hydrogen) atoms. The van der Waals surface area contributed by atoms with E-state index in [2.05, 4.69) is 10.3 Å². The Morgan fingerprint density at radius 3 is 2.48 bits per heavy atom. The molecule has 4 atom stereocenters. The molecule has 2 aliphatic heterocycles. The number of cyclic esters (lactones) is 1. The van der Waals surface area contributed by atoms with Gasteiger partial charge in [-0.1, -0.05) is 5.21 Å². The number of aromatic nitrogens is 3. The van der Waals surface area contributed by atoms with Crippen LogP contribution in [0.3, 0.4) is 0 Å². The number of carbonyl (C=O) groups is 2. The second-order valence-corrected chi connectivity index (χ2v) is 7.66. The number of carbonyl (C=O) groups excluding carboxylic acids is 2. The summed E-state index contributed by atoms with van der Waals surface area (Å²) in [5, 5.41) is 7.50. The third-order valence-electron chi connectivity index (χ3n) is 5.95. The van der Waals surface area contributed by atoms with Crippen molar-refractivity contribution in [3.05, 3.63) is 41.7 Å². The lowest BCUT2D eigenvalue weighted by molar-refractivity contribution is 0.129. The minimum Gasteiger partial charge on any atom is -0.442 e. The Labute approximate surface area is 164 Å². The molecule has 0 spiro atoms. The third kappa shape index (κ3) is 2.97. The molecule has 1 unspecified atom stereocenters. The molecular weight excluding hydrogens is 386 g/mol. The number of benzene rings is 1. The van der Waals surface area contributed by atoms with Gasteiger partial charge in [-0.15, -0.1) is 5.10 Å². The zero-order valence-corrected chi connectivity index (χ0v) is 15.2. The number of hydrogen-bond donors (Lipinski definition) is 1. The van der Waals surface area contributed by atoms with Crippen molar-refractivity contribution in [2.75, 3.05) is 24.5 Å². The van der Waals surface area contributed by atoms with E-state index in [9.17, 15) is 18.4 Å². The first-order chi connectivity index (χ1) is 13.9. The highest BCUT2D eigenvalue weighted by atomic mass is 19.1. The molecule has 2 saturated heterocycles. The van der Waals surface area contributed by atoms with Crippen molar-refractivity contribution in [3.63, 3.8) is 0 Å². The highest BCUT2D eigenvalue weighted by molar-refractivity contribution is 5.89. The van der Waals surface area contributed by atoms with Gasteiger partial charge in [-0.2, -0.15) is 0 Å². The van der Waals surface area contributed by atoms with Crippen molar-refractivity contribution in [1.82, 2.24) is 19.9 Å². The van der Waals surface area contributed by atoms with Crippen LogP contribution in [0.4, 0.5) is 24.1 Å². The first-order valence-electron chi connectivity index (χ1n) is 9.28. The number of anilines is 1. The number of nitrogens with two attached hydrogens (primary N) is 1. The van der Waals surface area contributed by atoms with Gasteiger partial charge < -0.3 is 15.4 Å². The molecule has 0 bridgehead atoms. The summed E-state index contributed by atoms with van der Waals surface area (Å²) in [5.41, 5.74) is 5.39. The van der Waals surface area contributed by atoms with Crippen LogP contribution in [-0.2, 0) is 11.3 Å². The van der Waals surface area contributed by atoms with Gasteiger partial charge in [0.2, 0.25) is 0 Å². The lowest BCUT2D eigenvalue weighted by Gasteiger charge is -2.19. The third-order valence-corrected chi connectivity index (χ3v) is 5.95. The SMILES string of the molecule is NC(=O)N1C[C@@H]2C(c3c(F)cc(N4C[C@H](Cn5ccnn5)OC4=O)cc3F)[C@@H]2C1. The summed E-state index contributed by atoms with van der Waals surface area (Å²) in [6.07, 6.45) is 1.98. The molecule has 5 rings (SSSR count). The van der Waals surface area contributed by atoms with E-state index in [0.29, 0.717) is 19.6 Å². The molecule has 1 aromatic carbocycles. The lowest BCUT2D eigenvalue weighted by atomic mass is 10.0. The normalized spacial score (nSPS) is 27.9. The van der Waals surface area contributed by atoms with Crippen LogP contribution in [0.1, 0.15) is 11.5 Å². The lowest BCUT2D eigenvalue weighted by Crippen LogP contribution is -2.35. The average molecular weight is 404 g/mol. The molecule has 2 N–H and O–H groups in total. The van der Waals surface area contributed by atoms with Crippen molar-refractivity contribution in [1.29, 1.82) is 0 Å².